The lowest BCUT2D eigenvalue weighted by molar-refractivity contribution is 0.0501. The van der Waals surface area contributed by atoms with Gasteiger partial charge < -0.3 is 15.2 Å². The number of hydrogen-bond acceptors (Lipinski definition) is 3. The molecule has 0 unspecified atom stereocenters. The molecule has 0 saturated carbocycles. The average Bonchev–Trinajstić information content (AvgIpc) is 2.30. The molecule has 0 aliphatic carbocycles. The molecule has 112 valence electrons. The van der Waals surface area contributed by atoms with Crippen LogP contribution in [0.15, 0.2) is 24.3 Å². The largest absolute Gasteiger partial charge is 0.508 e. The molecule has 0 saturated heterocycles. The first-order chi connectivity index (χ1) is 9.30. The van der Waals surface area contributed by atoms with E-state index in [2.05, 4.69) is 12.2 Å². The van der Waals surface area contributed by atoms with Gasteiger partial charge in [-0.3, -0.25) is 0 Å². The topological polar surface area (TPSA) is 58.6 Å². The van der Waals surface area contributed by atoms with Crippen molar-refractivity contribution in [2.75, 3.05) is 0 Å². The first-order valence-electron chi connectivity index (χ1n) is 7.07. The van der Waals surface area contributed by atoms with Gasteiger partial charge in [0.2, 0.25) is 0 Å². The zero-order chi connectivity index (χ0) is 15.2. The fourth-order valence-electron chi connectivity index (χ4n) is 1.96. The molecule has 0 aromatic heterocycles. The van der Waals surface area contributed by atoms with Crippen LogP contribution in [-0.2, 0) is 11.2 Å². The smallest absolute Gasteiger partial charge is 0.407 e. The van der Waals surface area contributed by atoms with E-state index in [1.54, 1.807) is 12.1 Å². The second-order valence-corrected chi connectivity index (χ2v) is 6.00. The third-order valence-electron chi connectivity index (χ3n) is 2.78. The van der Waals surface area contributed by atoms with Crippen LogP contribution in [0.25, 0.3) is 0 Å². The Morgan fingerprint density at radius 2 is 1.90 bits per heavy atom. The van der Waals surface area contributed by atoms with Gasteiger partial charge in [-0.2, -0.15) is 0 Å². The number of amides is 1. The van der Waals surface area contributed by atoms with Crippen molar-refractivity contribution in [2.24, 2.45) is 0 Å². The lowest BCUT2D eigenvalue weighted by atomic mass is 10.0. The highest BCUT2D eigenvalue weighted by Crippen LogP contribution is 2.14. The van der Waals surface area contributed by atoms with Crippen molar-refractivity contribution in [1.82, 2.24) is 5.32 Å². The maximum Gasteiger partial charge on any atom is 0.407 e. The normalized spacial score (nSPS) is 12.8. The molecule has 1 aromatic rings. The van der Waals surface area contributed by atoms with E-state index in [1.165, 1.54) is 0 Å². The molecule has 1 amide bonds. The summed E-state index contributed by atoms with van der Waals surface area (Å²) >= 11 is 0. The van der Waals surface area contributed by atoms with Gasteiger partial charge >= 0.3 is 6.09 Å². The van der Waals surface area contributed by atoms with Gasteiger partial charge in [0.1, 0.15) is 11.4 Å². The maximum absolute atomic E-state index is 11.8. The Kier molecular flexibility index (Phi) is 5.86. The Morgan fingerprint density at radius 1 is 1.30 bits per heavy atom. The molecule has 20 heavy (non-hydrogen) atoms. The number of phenolic OH excluding ortho intramolecular Hbond substituents is 1. The summed E-state index contributed by atoms with van der Waals surface area (Å²) in [6.07, 6.45) is 2.22. The van der Waals surface area contributed by atoms with E-state index in [1.807, 2.05) is 32.9 Å². The van der Waals surface area contributed by atoms with Crippen LogP contribution >= 0.6 is 0 Å². The van der Waals surface area contributed by atoms with E-state index in [0.29, 0.717) is 0 Å². The quantitative estimate of drug-likeness (QED) is 0.865. The summed E-state index contributed by atoms with van der Waals surface area (Å²) in [7, 11) is 0. The molecule has 0 aliphatic rings. The Bertz CT molecular complexity index is 420. The minimum absolute atomic E-state index is 0.0411. The van der Waals surface area contributed by atoms with E-state index in [9.17, 15) is 9.90 Å². The zero-order valence-electron chi connectivity index (χ0n) is 12.8. The number of hydrogen-bond donors (Lipinski definition) is 2. The van der Waals surface area contributed by atoms with Crippen LogP contribution in [0, 0.1) is 0 Å². The van der Waals surface area contributed by atoms with E-state index in [-0.39, 0.29) is 17.9 Å². The van der Waals surface area contributed by atoms with Crippen molar-refractivity contribution in [3.05, 3.63) is 29.8 Å². The van der Waals surface area contributed by atoms with Crippen LogP contribution in [0.5, 0.6) is 5.75 Å². The van der Waals surface area contributed by atoms with E-state index < -0.39 is 5.60 Å². The van der Waals surface area contributed by atoms with Crippen LogP contribution in [0.2, 0.25) is 0 Å². The third kappa shape index (κ3) is 6.45. The summed E-state index contributed by atoms with van der Waals surface area (Å²) in [5.74, 6) is 0.251. The van der Waals surface area contributed by atoms with Crippen molar-refractivity contribution in [3.8, 4) is 5.75 Å². The van der Waals surface area contributed by atoms with Crippen molar-refractivity contribution in [1.29, 1.82) is 0 Å². The molecule has 4 heteroatoms. The third-order valence-corrected chi connectivity index (χ3v) is 2.78. The molecule has 1 atom stereocenters. The standard InChI is InChI=1S/C16H25NO3/c1-5-6-13(17-15(19)20-16(2,3)4)11-12-7-9-14(18)10-8-12/h7-10,13,18H,5-6,11H2,1-4H3,(H,17,19)/t13-/m1/s1. The van der Waals surface area contributed by atoms with Gasteiger partial charge in [-0.15, -0.1) is 0 Å². The molecule has 4 nitrogen and oxygen atoms in total. The molecule has 0 radical (unpaired) electrons. The fraction of sp³-hybridized carbons (Fsp3) is 0.562. The summed E-state index contributed by atoms with van der Waals surface area (Å²) < 4.78 is 5.28. The molecule has 1 aromatic carbocycles. The first-order valence-corrected chi connectivity index (χ1v) is 7.07. The number of rotatable bonds is 5. The number of phenols is 1. The molecule has 0 spiro atoms. The number of benzene rings is 1. The highest BCUT2D eigenvalue weighted by Gasteiger charge is 2.19. The van der Waals surface area contributed by atoms with Crippen LogP contribution in [0.3, 0.4) is 0 Å². The lowest BCUT2D eigenvalue weighted by Gasteiger charge is -2.23. The van der Waals surface area contributed by atoms with E-state index >= 15 is 0 Å². The molecular weight excluding hydrogens is 254 g/mol. The van der Waals surface area contributed by atoms with E-state index in [0.717, 1.165) is 24.8 Å². The predicted molar refractivity (Wildman–Crippen MR) is 79.9 cm³/mol. The van der Waals surface area contributed by atoms with Gasteiger partial charge in [0.05, 0.1) is 0 Å². The minimum atomic E-state index is -0.487. The van der Waals surface area contributed by atoms with Crippen LogP contribution in [-0.4, -0.2) is 22.8 Å². The molecule has 2 N–H and O–H groups in total. The number of carbonyl (C=O) groups excluding carboxylic acids is 1. The molecule has 0 bridgehead atoms. The summed E-state index contributed by atoms with van der Waals surface area (Å²) in [5.41, 5.74) is 0.594. The number of ether oxygens (including phenoxy) is 1. The van der Waals surface area contributed by atoms with Gasteiger partial charge in [-0.1, -0.05) is 25.5 Å². The van der Waals surface area contributed by atoms with Gasteiger partial charge in [-0.25, -0.2) is 4.79 Å². The summed E-state index contributed by atoms with van der Waals surface area (Å²) in [6.45, 7) is 7.63. The second kappa shape index (κ2) is 7.17. The number of alkyl carbamates (subject to hydrolysis) is 1. The van der Waals surface area contributed by atoms with Crippen LogP contribution < -0.4 is 5.32 Å². The number of aromatic hydroxyl groups is 1. The highest BCUT2D eigenvalue weighted by molar-refractivity contribution is 5.68. The Hall–Kier alpha value is -1.71. The molecule has 1 rings (SSSR count). The fourth-order valence-corrected chi connectivity index (χ4v) is 1.96. The van der Waals surface area contributed by atoms with Crippen molar-refractivity contribution >= 4 is 6.09 Å². The Labute approximate surface area is 121 Å². The SMILES string of the molecule is CCC[C@H](Cc1ccc(O)cc1)NC(=O)OC(C)(C)C. The Balaban J connectivity index is 2.60. The Morgan fingerprint density at radius 3 is 2.40 bits per heavy atom. The summed E-state index contributed by atoms with van der Waals surface area (Å²) in [4.78, 5) is 11.8. The maximum atomic E-state index is 11.8. The predicted octanol–water partition coefficient (Wildman–Crippen LogP) is 3.63. The molecule has 0 fully saturated rings. The van der Waals surface area contributed by atoms with Gasteiger partial charge in [0.15, 0.2) is 0 Å². The first kappa shape index (κ1) is 16.3. The monoisotopic (exact) mass is 279 g/mol. The number of carbonyl (C=O) groups is 1. The van der Waals surface area contributed by atoms with Crippen molar-refractivity contribution < 1.29 is 14.6 Å². The highest BCUT2D eigenvalue weighted by atomic mass is 16.6. The van der Waals surface area contributed by atoms with Crippen molar-refractivity contribution in [3.63, 3.8) is 0 Å². The van der Waals surface area contributed by atoms with Gasteiger partial charge in [0.25, 0.3) is 0 Å². The lowest BCUT2D eigenvalue weighted by Crippen LogP contribution is -2.40. The van der Waals surface area contributed by atoms with Crippen LogP contribution in [0.1, 0.15) is 46.1 Å². The summed E-state index contributed by atoms with van der Waals surface area (Å²) in [6, 6.07) is 7.10. The molecular formula is C16H25NO3. The zero-order valence-corrected chi connectivity index (χ0v) is 12.8. The molecule has 0 heterocycles. The van der Waals surface area contributed by atoms with E-state index in [4.69, 9.17) is 4.74 Å². The minimum Gasteiger partial charge on any atom is -0.508 e. The summed E-state index contributed by atoms with van der Waals surface area (Å²) in [5, 5.41) is 12.2. The van der Waals surface area contributed by atoms with Crippen LogP contribution in [0.4, 0.5) is 4.79 Å². The average molecular weight is 279 g/mol. The van der Waals surface area contributed by atoms with Gasteiger partial charge in [0, 0.05) is 6.04 Å². The van der Waals surface area contributed by atoms with Gasteiger partial charge in [-0.05, 0) is 51.3 Å². The molecule has 0 aliphatic heterocycles. The second-order valence-electron chi connectivity index (χ2n) is 6.00. The number of nitrogens with one attached hydrogen (secondary N) is 1. The van der Waals surface area contributed by atoms with Crippen molar-refractivity contribution in [2.45, 2.75) is 58.6 Å².